The third kappa shape index (κ3) is 3.31. The number of carbonyl (C=O) groups excluding carboxylic acids is 2. The van der Waals surface area contributed by atoms with Crippen LogP contribution < -0.4 is 5.32 Å². The van der Waals surface area contributed by atoms with E-state index in [1.807, 2.05) is 18.2 Å². The van der Waals surface area contributed by atoms with Crippen LogP contribution in [0, 0.1) is 0 Å². The summed E-state index contributed by atoms with van der Waals surface area (Å²) in [4.78, 5) is 23.2. The molecule has 19 heavy (non-hydrogen) atoms. The minimum absolute atomic E-state index is 0.122. The van der Waals surface area contributed by atoms with E-state index in [9.17, 15) is 9.59 Å². The predicted molar refractivity (Wildman–Crippen MR) is 74.6 cm³/mol. The number of nitrogens with one attached hydrogen (secondary N) is 1. The van der Waals surface area contributed by atoms with Crippen LogP contribution in [0.4, 0.5) is 0 Å². The van der Waals surface area contributed by atoms with Gasteiger partial charge in [-0.1, -0.05) is 30.3 Å². The molecular weight excluding hydrogens is 238 g/mol. The Balaban J connectivity index is 2.11. The first-order valence-corrected chi connectivity index (χ1v) is 6.63. The van der Waals surface area contributed by atoms with Crippen molar-refractivity contribution in [2.75, 3.05) is 0 Å². The summed E-state index contributed by atoms with van der Waals surface area (Å²) in [5.74, 6) is 0.344. The van der Waals surface area contributed by atoms with Crippen molar-refractivity contribution in [1.82, 2.24) is 5.32 Å². The van der Waals surface area contributed by atoms with Gasteiger partial charge in [0.2, 0.25) is 5.91 Å². The molecule has 1 aliphatic carbocycles. The van der Waals surface area contributed by atoms with E-state index < -0.39 is 0 Å². The van der Waals surface area contributed by atoms with Crippen LogP contribution in [0.3, 0.4) is 0 Å². The summed E-state index contributed by atoms with van der Waals surface area (Å²) >= 11 is 0. The number of allylic oxidation sites excluding steroid dienone is 2. The molecule has 1 aromatic carbocycles. The van der Waals surface area contributed by atoms with Crippen molar-refractivity contribution in [3.63, 3.8) is 0 Å². The van der Waals surface area contributed by atoms with Gasteiger partial charge in [-0.05, 0) is 31.2 Å². The molecule has 0 heterocycles. The van der Waals surface area contributed by atoms with E-state index in [1.54, 1.807) is 6.92 Å². The number of ketones is 1. The zero-order chi connectivity index (χ0) is 13.8. The molecule has 0 aromatic heterocycles. The third-order valence-electron chi connectivity index (χ3n) is 3.60. The Bertz CT molecular complexity index is 517. The summed E-state index contributed by atoms with van der Waals surface area (Å²) in [6.07, 6.45) is 2.24. The van der Waals surface area contributed by atoms with Crippen molar-refractivity contribution in [3.8, 4) is 0 Å². The van der Waals surface area contributed by atoms with Crippen molar-refractivity contribution in [3.05, 3.63) is 47.2 Å². The first-order valence-electron chi connectivity index (χ1n) is 6.63. The van der Waals surface area contributed by atoms with E-state index in [-0.39, 0.29) is 11.7 Å². The molecule has 2 rings (SSSR count). The lowest BCUT2D eigenvalue weighted by molar-refractivity contribution is -0.118. The van der Waals surface area contributed by atoms with Gasteiger partial charge in [-0.3, -0.25) is 9.59 Å². The number of hydrogen-bond acceptors (Lipinski definition) is 2. The lowest BCUT2D eigenvalue weighted by atomic mass is 9.80. The van der Waals surface area contributed by atoms with Crippen molar-refractivity contribution in [2.45, 2.75) is 39.0 Å². The van der Waals surface area contributed by atoms with Gasteiger partial charge in [0.1, 0.15) is 0 Å². The summed E-state index contributed by atoms with van der Waals surface area (Å²) in [7, 11) is 0. The highest BCUT2D eigenvalue weighted by atomic mass is 16.1. The Kier molecular flexibility index (Phi) is 4.15. The molecule has 0 aliphatic heterocycles. The second kappa shape index (κ2) is 5.83. The molecule has 0 bridgehead atoms. The maximum absolute atomic E-state index is 12.2. The zero-order valence-corrected chi connectivity index (χ0v) is 11.4. The smallest absolute Gasteiger partial charge is 0.220 e. The van der Waals surface area contributed by atoms with Crippen LogP contribution >= 0.6 is 0 Å². The molecule has 1 saturated carbocycles. The Hall–Kier alpha value is -1.90. The number of benzene rings is 1. The molecule has 1 aliphatic rings. The van der Waals surface area contributed by atoms with Gasteiger partial charge in [0.05, 0.1) is 0 Å². The summed E-state index contributed by atoms with van der Waals surface area (Å²) < 4.78 is 0. The second-order valence-electron chi connectivity index (χ2n) is 5.06. The molecule has 1 fully saturated rings. The van der Waals surface area contributed by atoms with Gasteiger partial charge in [-0.15, -0.1) is 0 Å². The van der Waals surface area contributed by atoms with Gasteiger partial charge < -0.3 is 5.32 Å². The Morgan fingerprint density at radius 3 is 2.47 bits per heavy atom. The molecule has 3 nitrogen and oxygen atoms in total. The SMILES string of the molecule is CC(=O)N/C(C)=C1\CCC(c2ccccc2)CC1=O. The summed E-state index contributed by atoms with van der Waals surface area (Å²) in [6.45, 7) is 3.27. The van der Waals surface area contributed by atoms with Gasteiger partial charge >= 0.3 is 0 Å². The van der Waals surface area contributed by atoms with Crippen molar-refractivity contribution in [1.29, 1.82) is 0 Å². The minimum Gasteiger partial charge on any atom is -0.330 e. The highest BCUT2D eigenvalue weighted by Gasteiger charge is 2.26. The molecule has 1 amide bonds. The fourth-order valence-corrected chi connectivity index (χ4v) is 2.65. The Labute approximate surface area is 113 Å². The molecule has 1 aromatic rings. The largest absolute Gasteiger partial charge is 0.330 e. The molecule has 0 saturated heterocycles. The fraction of sp³-hybridized carbons (Fsp3) is 0.375. The normalized spacial score (nSPS) is 22.0. The van der Waals surface area contributed by atoms with E-state index >= 15 is 0 Å². The van der Waals surface area contributed by atoms with Gasteiger partial charge in [0, 0.05) is 24.6 Å². The molecular formula is C16H19NO2. The first kappa shape index (κ1) is 13.5. The van der Waals surface area contributed by atoms with Crippen molar-refractivity contribution in [2.24, 2.45) is 0 Å². The lowest BCUT2D eigenvalue weighted by Gasteiger charge is -2.24. The van der Waals surface area contributed by atoms with Crippen LogP contribution in [-0.4, -0.2) is 11.7 Å². The zero-order valence-electron chi connectivity index (χ0n) is 11.4. The summed E-state index contributed by atoms with van der Waals surface area (Å²) in [5.41, 5.74) is 2.72. The summed E-state index contributed by atoms with van der Waals surface area (Å²) in [5, 5.41) is 2.72. The topological polar surface area (TPSA) is 46.2 Å². The Morgan fingerprint density at radius 1 is 1.21 bits per heavy atom. The molecule has 100 valence electrons. The monoisotopic (exact) mass is 257 g/mol. The lowest BCUT2D eigenvalue weighted by Crippen LogP contribution is -2.24. The molecule has 1 atom stereocenters. The standard InChI is InChI=1S/C16H19NO2/c1-11(17-12(2)18)15-9-8-14(10-16(15)19)13-6-4-3-5-7-13/h3-7,14H,8-10H2,1-2H3,(H,17,18)/b15-11+. The quantitative estimate of drug-likeness (QED) is 0.828. The number of rotatable bonds is 2. The van der Waals surface area contributed by atoms with Gasteiger partial charge in [0.15, 0.2) is 5.78 Å². The van der Waals surface area contributed by atoms with Crippen molar-refractivity contribution >= 4 is 11.7 Å². The fourth-order valence-electron chi connectivity index (χ4n) is 2.65. The minimum atomic E-state index is -0.122. The van der Waals surface area contributed by atoms with E-state index in [0.717, 1.165) is 18.4 Å². The highest BCUT2D eigenvalue weighted by molar-refractivity contribution is 5.97. The molecule has 0 radical (unpaired) electrons. The number of amides is 1. The van der Waals surface area contributed by atoms with E-state index in [4.69, 9.17) is 0 Å². The van der Waals surface area contributed by atoms with Gasteiger partial charge in [-0.2, -0.15) is 0 Å². The van der Waals surface area contributed by atoms with Gasteiger partial charge in [-0.25, -0.2) is 0 Å². The van der Waals surface area contributed by atoms with E-state index in [1.165, 1.54) is 12.5 Å². The average Bonchev–Trinajstić information content (AvgIpc) is 2.38. The second-order valence-corrected chi connectivity index (χ2v) is 5.06. The molecule has 1 unspecified atom stereocenters. The number of Topliss-reactive ketones (excluding diaryl/α,β-unsaturated/α-hetero) is 1. The average molecular weight is 257 g/mol. The van der Waals surface area contributed by atoms with Crippen LogP contribution in [0.5, 0.6) is 0 Å². The highest BCUT2D eigenvalue weighted by Crippen LogP contribution is 2.34. The van der Waals surface area contributed by atoms with E-state index in [2.05, 4.69) is 17.4 Å². The number of carbonyl (C=O) groups is 2. The third-order valence-corrected chi connectivity index (χ3v) is 3.60. The maximum atomic E-state index is 12.2. The Morgan fingerprint density at radius 2 is 1.89 bits per heavy atom. The van der Waals surface area contributed by atoms with Crippen LogP contribution in [0.15, 0.2) is 41.6 Å². The molecule has 0 spiro atoms. The van der Waals surface area contributed by atoms with Crippen LogP contribution in [0.2, 0.25) is 0 Å². The van der Waals surface area contributed by atoms with Crippen LogP contribution in [0.1, 0.15) is 44.6 Å². The van der Waals surface area contributed by atoms with Crippen LogP contribution in [-0.2, 0) is 9.59 Å². The van der Waals surface area contributed by atoms with Crippen LogP contribution in [0.25, 0.3) is 0 Å². The molecule has 1 N–H and O–H groups in total. The summed E-state index contributed by atoms with van der Waals surface area (Å²) in [6, 6.07) is 10.2. The van der Waals surface area contributed by atoms with Crippen molar-refractivity contribution < 1.29 is 9.59 Å². The maximum Gasteiger partial charge on any atom is 0.220 e. The predicted octanol–water partition coefficient (Wildman–Crippen LogP) is 2.93. The van der Waals surface area contributed by atoms with Gasteiger partial charge in [0.25, 0.3) is 0 Å². The molecule has 3 heteroatoms. The first-order chi connectivity index (χ1) is 9.08. The van der Waals surface area contributed by atoms with E-state index in [0.29, 0.717) is 18.0 Å². The number of hydrogen-bond donors (Lipinski definition) is 1.